The summed E-state index contributed by atoms with van der Waals surface area (Å²) in [4.78, 5) is 21.8. The summed E-state index contributed by atoms with van der Waals surface area (Å²) in [6, 6.07) is 11.3. The second kappa shape index (κ2) is 7.50. The molecule has 3 aromatic heterocycles. The molecular formula is C24H23N5O4. The summed E-state index contributed by atoms with van der Waals surface area (Å²) >= 11 is 0. The largest absolute Gasteiger partial charge is 0.347 e. The molecule has 0 bridgehead atoms. The van der Waals surface area contributed by atoms with E-state index >= 15 is 0 Å². The molecule has 2 aliphatic rings. The Kier molecular flexibility index (Phi) is 4.56. The Hall–Kier alpha value is -3.56. The number of hydrogen-bond acceptors (Lipinski definition) is 7. The average Bonchev–Trinajstić information content (AvgIpc) is 3.52. The molecule has 1 spiro atoms. The minimum atomic E-state index is -0.488. The number of aromatic nitrogens is 4. The third-order valence-electron chi connectivity index (χ3n) is 6.30. The molecule has 1 saturated carbocycles. The van der Waals surface area contributed by atoms with Crippen molar-refractivity contribution >= 4 is 17.2 Å². The zero-order chi connectivity index (χ0) is 22.6. The van der Waals surface area contributed by atoms with E-state index in [1.54, 1.807) is 10.6 Å². The van der Waals surface area contributed by atoms with E-state index < -0.39 is 5.79 Å². The van der Waals surface area contributed by atoms with Crippen LogP contribution in [0.15, 0.2) is 53.3 Å². The molecule has 6 rings (SSSR count). The molecule has 4 heterocycles. The van der Waals surface area contributed by atoms with Crippen LogP contribution in [0.2, 0.25) is 0 Å². The lowest BCUT2D eigenvalue weighted by Gasteiger charge is -2.41. The summed E-state index contributed by atoms with van der Waals surface area (Å²) in [5.41, 5.74) is 3.55. The van der Waals surface area contributed by atoms with Gasteiger partial charge in [-0.05, 0) is 37.6 Å². The maximum Gasteiger partial charge on any atom is 0.274 e. The van der Waals surface area contributed by atoms with E-state index in [-0.39, 0.29) is 17.9 Å². The number of pyridine rings is 1. The van der Waals surface area contributed by atoms with Crippen LogP contribution < -0.4 is 5.32 Å². The third kappa shape index (κ3) is 3.49. The SMILES string of the molecule is Cc1ccc(-c2noc(C3CC4(C3)OCC(C)O4)n2)cc1NC(=O)c1cnc2ccccn12. The van der Waals surface area contributed by atoms with Crippen molar-refractivity contribution in [2.75, 3.05) is 11.9 Å². The van der Waals surface area contributed by atoms with Crippen LogP contribution in [0.1, 0.15) is 47.6 Å². The van der Waals surface area contributed by atoms with Crippen LogP contribution in [-0.4, -0.2) is 43.9 Å². The molecule has 1 unspecified atom stereocenters. The van der Waals surface area contributed by atoms with Gasteiger partial charge in [-0.15, -0.1) is 0 Å². The molecule has 1 amide bonds. The summed E-state index contributed by atoms with van der Waals surface area (Å²) in [5.74, 6) is 0.458. The molecule has 1 aliphatic heterocycles. The van der Waals surface area contributed by atoms with E-state index in [0.29, 0.717) is 48.2 Å². The number of amides is 1. The Balaban J connectivity index is 1.20. The lowest BCUT2D eigenvalue weighted by molar-refractivity contribution is -0.225. The lowest BCUT2D eigenvalue weighted by atomic mass is 9.78. The minimum Gasteiger partial charge on any atom is -0.347 e. The highest BCUT2D eigenvalue weighted by atomic mass is 16.7. The van der Waals surface area contributed by atoms with Crippen molar-refractivity contribution in [2.24, 2.45) is 0 Å². The van der Waals surface area contributed by atoms with E-state index in [4.69, 9.17) is 14.0 Å². The highest BCUT2D eigenvalue weighted by Gasteiger charge is 2.53. The number of rotatable bonds is 4. The number of fused-ring (bicyclic) bond motifs is 1. The van der Waals surface area contributed by atoms with E-state index in [1.165, 1.54) is 0 Å². The van der Waals surface area contributed by atoms with Crippen molar-refractivity contribution in [3.8, 4) is 11.4 Å². The highest BCUT2D eigenvalue weighted by Crippen LogP contribution is 2.50. The standard InChI is InChI=1S/C24H23N5O4/c1-14-6-7-16(9-18(14)26-22(30)19-12-25-20-5-3-4-8-29(19)20)21-27-23(33-28-21)17-10-24(11-17)31-13-15(2)32-24/h3-9,12,15,17H,10-11,13H2,1-2H3,(H,26,30). The first-order valence-electron chi connectivity index (χ1n) is 11.0. The summed E-state index contributed by atoms with van der Waals surface area (Å²) in [7, 11) is 0. The van der Waals surface area contributed by atoms with Crippen molar-refractivity contribution in [3.05, 3.63) is 65.9 Å². The van der Waals surface area contributed by atoms with Crippen molar-refractivity contribution in [3.63, 3.8) is 0 Å². The summed E-state index contributed by atoms with van der Waals surface area (Å²) in [5, 5.41) is 7.15. The van der Waals surface area contributed by atoms with Gasteiger partial charge >= 0.3 is 0 Å². The fraction of sp³-hybridized carbons (Fsp3) is 0.333. The summed E-state index contributed by atoms with van der Waals surface area (Å²) in [6.07, 6.45) is 4.93. The van der Waals surface area contributed by atoms with Gasteiger partial charge in [-0.1, -0.05) is 23.4 Å². The van der Waals surface area contributed by atoms with Crippen molar-refractivity contribution in [2.45, 2.75) is 44.5 Å². The Labute approximate surface area is 189 Å². The van der Waals surface area contributed by atoms with E-state index in [1.807, 2.05) is 56.4 Å². The predicted octanol–water partition coefficient (Wildman–Crippen LogP) is 3.95. The lowest BCUT2D eigenvalue weighted by Crippen LogP contribution is -2.44. The molecule has 33 heavy (non-hydrogen) atoms. The average molecular weight is 445 g/mol. The Morgan fingerprint density at radius 2 is 2.12 bits per heavy atom. The molecule has 9 heteroatoms. The van der Waals surface area contributed by atoms with Gasteiger partial charge in [0, 0.05) is 36.2 Å². The predicted molar refractivity (Wildman–Crippen MR) is 119 cm³/mol. The zero-order valence-electron chi connectivity index (χ0n) is 18.3. The monoisotopic (exact) mass is 445 g/mol. The van der Waals surface area contributed by atoms with Crippen LogP contribution in [-0.2, 0) is 9.47 Å². The zero-order valence-corrected chi connectivity index (χ0v) is 18.3. The maximum atomic E-state index is 12.9. The number of imidazole rings is 1. The molecule has 1 aliphatic carbocycles. The van der Waals surface area contributed by atoms with E-state index in [9.17, 15) is 4.79 Å². The topological polar surface area (TPSA) is 104 Å². The first-order chi connectivity index (χ1) is 16.0. The number of hydrogen-bond donors (Lipinski definition) is 1. The van der Waals surface area contributed by atoms with Gasteiger partial charge in [0.05, 0.1) is 18.9 Å². The van der Waals surface area contributed by atoms with Crippen molar-refractivity contribution in [1.29, 1.82) is 0 Å². The maximum absolute atomic E-state index is 12.9. The Morgan fingerprint density at radius 1 is 1.24 bits per heavy atom. The number of benzene rings is 1. The molecule has 1 N–H and O–H groups in total. The molecule has 2 fully saturated rings. The van der Waals surface area contributed by atoms with E-state index in [0.717, 1.165) is 11.1 Å². The van der Waals surface area contributed by atoms with Crippen LogP contribution >= 0.6 is 0 Å². The van der Waals surface area contributed by atoms with Gasteiger partial charge in [0.2, 0.25) is 11.7 Å². The van der Waals surface area contributed by atoms with Gasteiger partial charge in [0.15, 0.2) is 5.79 Å². The van der Waals surface area contributed by atoms with Gasteiger partial charge in [-0.25, -0.2) is 4.98 Å². The van der Waals surface area contributed by atoms with Gasteiger partial charge < -0.3 is 19.3 Å². The minimum absolute atomic E-state index is 0.117. The number of carbonyl (C=O) groups is 1. The van der Waals surface area contributed by atoms with Crippen LogP contribution in [0.4, 0.5) is 5.69 Å². The number of nitrogens with zero attached hydrogens (tertiary/aromatic N) is 4. The number of anilines is 1. The number of carbonyl (C=O) groups excluding carboxylic acids is 1. The van der Waals surface area contributed by atoms with Gasteiger partial charge in [0.25, 0.3) is 5.91 Å². The summed E-state index contributed by atoms with van der Waals surface area (Å²) in [6.45, 7) is 4.57. The molecule has 9 nitrogen and oxygen atoms in total. The first-order valence-corrected chi connectivity index (χ1v) is 11.0. The fourth-order valence-electron chi connectivity index (χ4n) is 4.48. The third-order valence-corrected chi connectivity index (χ3v) is 6.30. The normalized spacial score (nSPS) is 24.3. The first kappa shape index (κ1) is 20.1. The second-order valence-electron chi connectivity index (χ2n) is 8.77. The van der Waals surface area contributed by atoms with Crippen LogP contribution in [0.25, 0.3) is 17.0 Å². The van der Waals surface area contributed by atoms with Gasteiger partial charge in [0.1, 0.15) is 11.3 Å². The Bertz CT molecular complexity index is 1350. The van der Waals surface area contributed by atoms with Crippen molar-refractivity contribution in [1.82, 2.24) is 19.5 Å². The van der Waals surface area contributed by atoms with Gasteiger partial charge in [-0.3, -0.25) is 9.20 Å². The van der Waals surface area contributed by atoms with Crippen molar-refractivity contribution < 1.29 is 18.8 Å². The highest BCUT2D eigenvalue weighted by molar-refractivity contribution is 6.04. The quantitative estimate of drug-likeness (QED) is 0.507. The van der Waals surface area contributed by atoms with Crippen LogP contribution in [0.3, 0.4) is 0 Å². The van der Waals surface area contributed by atoms with Gasteiger partial charge in [-0.2, -0.15) is 4.98 Å². The fourth-order valence-corrected chi connectivity index (χ4v) is 4.48. The molecule has 1 aromatic carbocycles. The molecule has 168 valence electrons. The van der Waals surface area contributed by atoms with E-state index in [2.05, 4.69) is 20.4 Å². The Morgan fingerprint density at radius 3 is 2.94 bits per heavy atom. The molecule has 1 saturated heterocycles. The molecule has 4 aromatic rings. The number of nitrogens with one attached hydrogen (secondary N) is 1. The van der Waals surface area contributed by atoms with Crippen LogP contribution in [0.5, 0.6) is 0 Å². The number of aryl methyl sites for hydroxylation is 1. The summed E-state index contributed by atoms with van der Waals surface area (Å²) < 4.78 is 19.0. The second-order valence-corrected chi connectivity index (χ2v) is 8.77. The molecule has 0 radical (unpaired) electrons. The molecule has 1 atom stereocenters. The smallest absolute Gasteiger partial charge is 0.274 e. The van der Waals surface area contributed by atoms with Crippen LogP contribution in [0, 0.1) is 6.92 Å². The molecular weight excluding hydrogens is 422 g/mol. The number of ether oxygens (including phenoxy) is 2.